The Morgan fingerprint density at radius 2 is 2.03 bits per heavy atom. The number of imidazole rings is 1. The molecule has 0 spiro atoms. The monoisotopic (exact) mass is 410 g/mol. The number of rotatable bonds is 4. The summed E-state index contributed by atoms with van der Waals surface area (Å²) in [4.78, 5) is 28.8. The standard InChI is InChI=1S/C21H26N6O3/c1-14(2)27-10-18(23-13-27)17-9-16-19(3-4-22-20(16)24-17)25-5-7-26(8-6-25)21(28)30-15-11-29-12-15/h3-4,9-10,13-15H,5-8,11-12H2,1-2H3,(H,22,24). The fraction of sp³-hybridized carbons (Fsp3) is 0.476. The third kappa shape index (κ3) is 3.49. The van der Waals surface area contributed by atoms with Crippen LogP contribution in [0.1, 0.15) is 19.9 Å². The second kappa shape index (κ2) is 7.64. The van der Waals surface area contributed by atoms with Gasteiger partial charge in [0.05, 0.1) is 25.2 Å². The summed E-state index contributed by atoms with van der Waals surface area (Å²) in [7, 11) is 0. The minimum atomic E-state index is -0.243. The molecule has 0 unspecified atom stereocenters. The number of hydrogen-bond acceptors (Lipinski definition) is 6. The Balaban J connectivity index is 1.32. The maximum Gasteiger partial charge on any atom is 0.410 e. The first kappa shape index (κ1) is 18.9. The van der Waals surface area contributed by atoms with E-state index in [1.165, 1.54) is 0 Å². The summed E-state index contributed by atoms with van der Waals surface area (Å²) >= 11 is 0. The van der Waals surface area contributed by atoms with E-state index < -0.39 is 0 Å². The molecule has 2 fully saturated rings. The zero-order valence-corrected chi connectivity index (χ0v) is 17.2. The number of fused-ring (bicyclic) bond motifs is 1. The molecule has 3 aromatic rings. The van der Waals surface area contributed by atoms with Gasteiger partial charge in [0.2, 0.25) is 0 Å². The largest absolute Gasteiger partial charge is 0.441 e. The van der Waals surface area contributed by atoms with Gasteiger partial charge in [0.15, 0.2) is 6.10 Å². The fourth-order valence-electron chi connectivity index (χ4n) is 3.81. The van der Waals surface area contributed by atoms with Crippen LogP contribution >= 0.6 is 0 Å². The quantitative estimate of drug-likeness (QED) is 0.711. The molecule has 5 heterocycles. The van der Waals surface area contributed by atoms with Gasteiger partial charge >= 0.3 is 6.09 Å². The van der Waals surface area contributed by atoms with Crippen molar-refractivity contribution < 1.29 is 14.3 Å². The van der Waals surface area contributed by atoms with Gasteiger partial charge < -0.3 is 28.8 Å². The molecule has 30 heavy (non-hydrogen) atoms. The molecule has 0 atom stereocenters. The predicted molar refractivity (Wildman–Crippen MR) is 113 cm³/mol. The van der Waals surface area contributed by atoms with Gasteiger partial charge in [0.1, 0.15) is 11.3 Å². The number of nitrogens with one attached hydrogen (secondary N) is 1. The van der Waals surface area contributed by atoms with E-state index in [1.807, 2.05) is 24.8 Å². The summed E-state index contributed by atoms with van der Waals surface area (Å²) < 4.78 is 12.6. The lowest BCUT2D eigenvalue weighted by molar-refractivity contribution is -0.104. The lowest BCUT2D eigenvalue weighted by Gasteiger charge is -2.37. The highest BCUT2D eigenvalue weighted by Gasteiger charge is 2.28. The maximum absolute atomic E-state index is 12.3. The fourth-order valence-corrected chi connectivity index (χ4v) is 3.81. The van der Waals surface area contributed by atoms with Crippen LogP contribution in [0.5, 0.6) is 0 Å². The number of ether oxygens (including phenoxy) is 2. The lowest BCUT2D eigenvalue weighted by Crippen LogP contribution is -2.51. The van der Waals surface area contributed by atoms with E-state index in [4.69, 9.17) is 9.47 Å². The SMILES string of the molecule is CC(C)n1cnc(-c2cc3c(N4CCN(C(=O)OC5COC5)CC4)ccnc3[nH]2)c1. The van der Waals surface area contributed by atoms with Gasteiger partial charge in [-0.25, -0.2) is 14.8 Å². The van der Waals surface area contributed by atoms with Crippen LogP contribution in [0.4, 0.5) is 10.5 Å². The van der Waals surface area contributed by atoms with Gasteiger partial charge in [-0.05, 0) is 26.0 Å². The first-order valence-electron chi connectivity index (χ1n) is 10.4. The molecular formula is C21H26N6O3. The summed E-state index contributed by atoms with van der Waals surface area (Å²) in [6.07, 6.45) is 5.39. The first-order chi connectivity index (χ1) is 14.6. The number of H-pyrrole nitrogens is 1. The van der Waals surface area contributed by atoms with Crippen molar-refractivity contribution in [3.63, 3.8) is 0 Å². The number of carbonyl (C=O) groups excluding carboxylic acids is 1. The number of nitrogens with zero attached hydrogens (tertiary/aromatic N) is 5. The minimum Gasteiger partial charge on any atom is -0.441 e. The number of carbonyl (C=O) groups is 1. The third-order valence-electron chi connectivity index (χ3n) is 5.74. The van der Waals surface area contributed by atoms with Crippen molar-refractivity contribution in [2.24, 2.45) is 0 Å². The molecule has 0 aliphatic carbocycles. The summed E-state index contributed by atoms with van der Waals surface area (Å²) in [6.45, 7) is 8.03. The Morgan fingerprint density at radius 1 is 1.23 bits per heavy atom. The van der Waals surface area contributed by atoms with Crippen LogP contribution in [0.15, 0.2) is 30.9 Å². The Morgan fingerprint density at radius 3 is 2.70 bits per heavy atom. The van der Waals surface area contributed by atoms with Gasteiger partial charge in [0.25, 0.3) is 0 Å². The number of amides is 1. The molecule has 0 bridgehead atoms. The average Bonchev–Trinajstić information content (AvgIpc) is 3.37. The molecule has 0 radical (unpaired) electrons. The van der Waals surface area contributed by atoms with Crippen molar-refractivity contribution in [1.29, 1.82) is 0 Å². The number of aromatic nitrogens is 4. The number of piperazine rings is 1. The zero-order chi connectivity index (χ0) is 20.7. The number of hydrogen-bond donors (Lipinski definition) is 1. The number of anilines is 1. The smallest absolute Gasteiger partial charge is 0.410 e. The Labute approximate surface area is 174 Å². The molecule has 5 rings (SSSR count). The summed E-state index contributed by atoms with van der Waals surface area (Å²) in [6, 6.07) is 4.51. The third-order valence-corrected chi connectivity index (χ3v) is 5.74. The highest BCUT2D eigenvalue weighted by molar-refractivity contribution is 5.93. The maximum atomic E-state index is 12.3. The first-order valence-corrected chi connectivity index (χ1v) is 10.4. The molecule has 2 aliphatic rings. The highest BCUT2D eigenvalue weighted by Crippen LogP contribution is 2.30. The molecule has 0 aromatic carbocycles. The highest BCUT2D eigenvalue weighted by atomic mass is 16.6. The van der Waals surface area contributed by atoms with Crippen LogP contribution < -0.4 is 4.90 Å². The van der Waals surface area contributed by atoms with Gasteiger partial charge in [-0.1, -0.05) is 0 Å². The van der Waals surface area contributed by atoms with Crippen LogP contribution in [-0.2, 0) is 9.47 Å². The van der Waals surface area contributed by atoms with Gasteiger partial charge in [-0.15, -0.1) is 0 Å². The van der Waals surface area contributed by atoms with E-state index in [9.17, 15) is 4.79 Å². The Bertz CT molecular complexity index is 1050. The molecule has 0 saturated carbocycles. The van der Waals surface area contributed by atoms with E-state index in [0.717, 1.165) is 41.2 Å². The molecule has 2 aliphatic heterocycles. The van der Waals surface area contributed by atoms with Crippen LogP contribution in [0.2, 0.25) is 0 Å². The van der Waals surface area contributed by atoms with Gasteiger partial charge in [-0.3, -0.25) is 0 Å². The predicted octanol–water partition coefficient (Wildman–Crippen LogP) is 2.66. The van der Waals surface area contributed by atoms with Crippen molar-refractivity contribution in [2.75, 3.05) is 44.3 Å². The van der Waals surface area contributed by atoms with Gasteiger partial charge in [-0.2, -0.15) is 0 Å². The molecule has 9 nitrogen and oxygen atoms in total. The van der Waals surface area contributed by atoms with Crippen molar-refractivity contribution >= 4 is 22.8 Å². The van der Waals surface area contributed by atoms with E-state index in [0.29, 0.717) is 32.3 Å². The second-order valence-electron chi connectivity index (χ2n) is 8.09. The van der Waals surface area contributed by atoms with E-state index in [1.54, 1.807) is 4.90 Å². The van der Waals surface area contributed by atoms with Crippen molar-refractivity contribution in [3.05, 3.63) is 30.9 Å². The van der Waals surface area contributed by atoms with E-state index in [-0.39, 0.29) is 12.2 Å². The number of aromatic amines is 1. The van der Waals surface area contributed by atoms with Crippen LogP contribution in [0.25, 0.3) is 22.4 Å². The molecule has 3 aromatic heterocycles. The lowest BCUT2D eigenvalue weighted by atomic mass is 10.2. The van der Waals surface area contributed by atoms with E-state index >= 15 is 0 Å². The van der Waals surface area contributed by atoms with Crippen molar-refractivity contribution in [3.8, 4) is 11.4 Å². The van der Waals surface area contributed by atoms with Crippen LogP contribution in [-0.4, -0.2) is 76.0 Å². The second-order valence-corrected chi connectivity index (χ2v) is 8.09. The van der Waals surface area contributed by atoms with Crippen LogP contribution in [0.3, 0.4) is 0 Å². The van der Waals surface area contributed by atoms with Crippen LogP contribution in [0, 0.1) is 0 Å². The van der Waals surface area contributed by atoms with Gasteiger partial charge in [0, 0.05) is 55.7 Å². The summed E-state index contributed by atoms with van der Waals surface area (Å²) in [5.74, 6) is 0. The topological polar surface area (TPSA) is 88.5 Å². The summed E-state index contributed by atoms with van der Waals surface area (Å²) in [5, 5.41) is 1.06. The molecule has 2 saturated heterocycles. The molecule has 1 N–H and O–H groups in total. The Hall–Kier alpha value is -3.07. The van der Waals surface area contributed by atoms with Crippen molar-refractivity contribution in [2.45, 2.75) is 26.0 Å². The summed E-state index contributed by atoms with van der Waals surface area (Å²) in [5.41, 5.74) is 3.81. The van der Waals surface area contributed by atoms with E-state index in [2.05, 4.69) is 44.3 Å². The minimum absolute atomic E-state index is 0.0900. The number of pyridine rings is 1. The normalized spacial score (nSPS) is 17.6. The molecular weight excluding hydrogens is 384 g/mol. The molecule has 158 valence electrons. The Kier molecular flexibility index (Phi) is 4.82. The zero-order valence-electron chi connectivity index (χ0n) is 17.2. The van der Waals surface area contributed by atoms with Crippen molar-refractivity contribution in [1.82, 2.24) is 24.4 Å². The molecule has 1 amide bonds. The molecule has 9 heteroatoms. The average molecular weight is 410 g/mol.